The molecule has 0 aromatic heterocycles. The third kappa shape index (κ3) is 9.62. The molecule has 0 aliphatic rings. The Morgan fingerprint density at radius 3 is 2.11 bits per heavy atom. The van der Waals surface area contributed by atoms with E-state index >= 15 is 0 Å². The lowest BCUT2D eigenvalue weighted by Crippen LogP contribution is -2.43. The van der Waals surface area contributed by atoms with E-state index in [0.717, 1.165) is 0 Å². The molecule has 0 fully saturated rings. The van der Waals surface area contributed by atoms with Gasteiger partial charge in [0.1, 0.15) is 18.2 Å². The minimum Gasteiger partial charge on any atom is -0.460 e. The van der Waals surface area contributed by atoms with Crippen LogP contribution in [0.3, 0.4) is 0 Å². The van der Waals surface area contributed by atoms with Crippen LogP contribution in [0.25, 0.3) is 0 Å². The summed E-state index contributed by atoms with van der Waals surface area (Å²) in [5.74, 6) is -0.716. The third-order valence-electron chi connectivity index (χ3n) is 1.46. The van der Waals surface area contributed by atoms with E-state index in [1.807, 2.05) is 0 Å². The highest BCUT2D eigenvalue weighted by molar-refractivity contribution is 6.67. The summed E-state index contributed by atoms with van der Waals surface area (Å²) in [6.45, 7) is 6.16. The molecule has 0 rings (SSSR count). The molecule has 0 aliphatic heterocycles. The van der Waals surface area contributed by atoms with Crippen LogP contribution in [0, 0.1) is 0 Å². The number of alkyl halides is 3. The molecule has 8 heteroatoms. The van der Waals surface area contributed by atoms with Gasteiger partial charge in [-0.1, -0.05) is 34.8 Å². The summed E-state index contributed by atoms with van der Waals surface area (Å²) in [7, 11) is 0. The van der Waals surface area contributed by atoms with Crippen molar-refractivity contribution >= 4 is 46.9 Å². The highest BCUT2D eigenvalue weighted by atomic mass is 35.6. The SMILES string of the molecule is C[C@H](NC(=O)OC(C)(C)C)C(=O)OCC(Cl)(Cl)Cl. The number of amides is 1. The van der Waals surface area contributed by atoms with Crippen LogP contribution in [0.2, 0.25) is 0 Å². The predicted molar refractivity (Wildman–Crippen MR) is 70.1 cm³/mol. The molecule has 106 valence electrons. The van der Waals surface area contributed by atoms with Crippen molar-refractivity contribution in [2.45, 2.75) is 43.1 Å². The maximum absolute atomic E-state index is 11.4. The van der Waals surface area contributed by atoms with Crippen molar-refractivity contribution < 1.29 is 19.1 Å². The minimum absolute atomic E-state index is 0.392. The molecule has 0 heterocycles. The lowest BCUT2D eigenvalue weighted by molar-refractivity contribution is -0.145. The second-order valence-corrected chi connectivity index (χ2v) is 7.11. The number of hydrogen-bond acceptors (Lipinski definition) is 4. The molecule has 1 amide bonds. The van der Waals surface area contributed by atoms with E-state index in [9.17, 15) is 9.59 Å². The molecule has 18 heavy (non-hydrogen) atoms. The third-order valence-corrected chi connectivity index (χ3v) is 1.79. The average Bonchev–Trinajstić information content (AvgIpc) is 2.09. The Bertz CT molecular complexity index is 309. The molecule has 5 nitrogen and oxygen atoms in total. The molecule has 0 spiro atoms. The van der Waals surface area contributed by atoms with Crippen molar-refractivity contribution in [2.75, 3.05) is 6.61 Å². The van der Waals surface area contributed by atoms with Crippen molar-refractivity contribution in [3.8, 4) is 0 Å². The molecule has 0 aromatic carbocycles. The molecule has 0 aliphatic carbocycles. The zero-order chi connectivity index (χ0) is 14.6. The first-order valence-corrected chi connectivity index (χ1v) is 6.27. The van der Waals surface area contributed by atoms with E-state index in [1.165, 1.54) is 6.92 Å². The van der Waals surface area contributed by atoms with Crippen molar-refractivity contribution in [3.63, 3.8) is 0 Å². The quantitative estimate of drug-likeness (QED) is 0.641. The largest absolute Gasteiger partial charge is 0.460 e. The van der Waals surface area contributed by atoms with Gasteiger partial charge < -0.3 is 14.8 Å². The first-order valence-electron chi connectivity index (χ1n) is 5.13. The minimum atomic E-state index is -1.68. The molecule has 0 bridgehead atoms. The van der Waals surface area contributed by atoms with Gasteiger partial charge in [0.2, 0.25) is 3.79 Å². The van der Waals surface area contributed by atoms with E-state index in [4.69, 9.17) is 44.3 Å². The Labute approximate surface area is 121 Å². The number of rotatable bonds is 3. The summed E-state index contributed by atoms with van der Waals surface area (Å²) in [4.78, 5) is 22.8. The second-order valence-electron chi connectivity index (χ2n) is 4.59. The van der Waals surface area contributed by atoms with Crippen LogP contribution in [0.1, 0.15) is 27.7 Å². The van der Waals surface area contributed by atoms with Gasteiger partial charge in [-0.05, 0) is 27.7 Å². The van der Waals surface area contributed by atoms with E-state index in [-0.39, 0.29) is 0 Å². The summed E-state index contributed by atoms with van der Waals surface area (Å²) >= 11 is 16.2. The Morgan fingerprint density at radius 2 is 1.72 bits per heavy atom. The van der Waals surface area contributed by atoms with Crippen LogP contribution in [-0.4, -0.2) is 34.1 Å². The number of halogens is 3. The summed E-state index contributed by atoms with van der Waals surface area (Å²) in [6, 6.07) is -0.896. The predicted octanol–water partition coefficient (Wildman–Crippen LogP) is 2.81. The van der Waals surface area contributed by atoms with Gasteiger partial charge in [-0.15, -0.1) is 0 Å². The van der Waals surface area contributed by atoms with E-state index < -0.39 is 34.1 Å². The molecule has 0 saturated carbocycles. The second kappa shape index (κ2) is 6.68. The lowest BCUT2D eigenvalue weighted by atomic mass is 10.2. The fourth-order valence-corrected chi connectivity index (χ4v) is 0.985. The number of esters is 1. The van der Waals surface area contributed by atoms with Crippen molar-refractivity contribution in [2.24, 2.45) is 0 Å². The Morgan fingerprint density at radius 1 is 1.22 bits per heavy atom. The zero-order valence-electron chi connectivity index (χ0n) is 10.6. The van der Waals surface area contributed by atoms with Crippen molar-refractivity contribution in [1.82, 2.24) is 5.32 Å². The molecular formula is C10H16Cl3NO4. The Hall–Kier alpha value is -0.390. The number of nitrogens with one attached hydrogen (secondary N) is 1. The van der Waals surface area contributed by atoms with Crippen LogP contribution in [-0.2, 0) is 14.3 Å². The number of carbonyl (C=O) groups excluding carboxylic acids is 2. The fourth-order valence-electron chi connectivity index (χ4n) is 0.821. The molecule has 0 unspecified atom stereocenters. The van der Waals surface area contributed by atoms with Crippen LogP contribution in [0.15, 0.2) is 0 Å². The van der Waals surface area contributed by atoms with Crippen LogP contribution < -0.4 is 5.32 Å². The number of ether oxygens (including phenoxy) is 2. The Balaban J connectivity index is 4.13. The normalized spacial score (nSPS) is 13.7. The van der Waals surface area contributed by atoms with Crippen molar-refractivity contribution in [3.05, 3.63) is 0 Å². The highest BCUT2D eigenvalue weighted by Gasteiger charge is 2.26. The van der Waals surface area contributed by atoms with E-state index in [1.54, 1.807) is 20.8 Å². The first-order chi connectivity index (χ1) is 7.91. The van der Waals surface area contributed by atoms with Crippen molar-refractivity contribution in [1.29, 1.82) is 0 Å². The standard InChI is InChI=1S/C10H16Cl3NO4/c1-6(7(15)17-5-10(11,12)13)14-8(16)18-9(2,3)4/h6H,5H2,1-4H3,(H,14,16)/t6-/m0/s1. The average molecular weight is 321 g/mol. The fraction of sp³-hybridized carbons (Fsp3) is 0.800. The van der Waals surface area contributed by atoms with Gasteiger partial charge in [0, 0.05) is 0 Å². The molecule has 0 aromatic rings. The first kappa shape index (κ1) is 17.6. The van der Waals surface area contributed by atoms with Crippen LogP contribution >= 0.6 is 34.8 Å². The maximum Gasteiger partial charge on any atom is 0.408 e. The summed E-state index contributed by atoms with van der Waals surface area (Å²) in [5.41, 5.74) is -0.648. The molecule has 1 N–H and O–H groups in total. The van der Waals surface area contributed by atoms with E-state index in [0.29, 0.717) is 0 Å². The smallest absolute Gasteiger partial charge is 0.408 e. The van der Waals surface area contributed by atoms with E-state index in [2.05, 4.69) is 5.32 Å². The monoisotopic (exact) mass is 319 g/mol. The molecule has 0 saturated heterocycles. The van der Waals surface area contributed by atoms with Gasteiger partial charge in [-0.2, -0.15) is 0 Å². The maximum atomic E-state index is 11.4. The molecule has 0 radical (unpaired) electrons. The zero-order valence-corrected chi connectivity index (χ0v) is 12.8. The number of alkyl carbamates (subject to hydrolysis) is 1. The number of carbonyl (C=O) groups is 2. The number of hydrogen-bond donors (Lipinski definition) is 1. The highest BCUT2D eigenvalue weighted by Crippen LogP contribution is 2.25. The lowest BCUT2D eigenvalue weighted by Gasteiger charge is -2.21. The Kier molecular flexibility index (Phi) is 6.54. The van der Waals surface area contributed by atoms with Gasteiger partial charge in [-0.3, -0.25) is 0 Å². The summed E-state index contributed by atoms with van der Waals surface area (Å²) in [6.07, 6.45) is -0.721. The van der Waals surface area contributed by atoms with Crippen LogP contribution in [0.4, 0.5) is 4.79 Å². The van der Waals surface area contributed by atoms with Gasteiger partial charge in [0.05, 0.1) is 0 Å². The van der Waals surface area contributed by atoms with Gasteiger partial charge in [0.25, 0.3) is 0 Å². The van der Waals surface area contributed by atoms with Gasteiger partial charge in [-0.25, -0.2) is 9.59 Å². The van der Waals surface area contributed by atoms with Gasteiger partial charge in [0.15, 0.2) is 0 Å². The molecular weight excluding hydrogens is 304 g/mol. The summed E-state index contributed by atoms with van der Waals surface area (Å²) in [5, 5.41) is 2.31. The summed E-state index contributed by atoms with van der Waals surface area (Å²) < 4.78 is 7.98. The topological polar surface area (TPSA) is 64.6 Å². The van der Waals surface area contributed by atoms with Crippen LogP contribution in [0.5, 0.6) is 0 Å². The van der Waals surface area contributed by atoms with Gasteiger partial charge >= 0.3 is 12.1 Å². The molecule has 1 atom stereocenters.